The lowest BCUT2D eigenvalue weighted by atomic mass is 9.98. The molecule has 0 saturated heterocycles. The molecule has 0 radical (unpaired) electrons. The lowest BCUT2D eigenvalue weighted by Gasteiger charge is -2.13. The summed E-state index contributed by atoms with van der Waals surface area (Å²) >= 11 is 0. The Hall–Kier alpha value is -6.72. The van der Waals surface area contributed by atoms with Gasteiger partial charge in [-0.15, -0.1) is 0 Å². The minimum absolute atomic E-state index is 0.0343. The van der Waals surface area contributed by atoms with Gasteiger partial charge in [0.15, 0.2) is 11.5 Å². The lowest BCUT2D eigenvalue weighted by molar-refractivity contribution is -0.130. The Bertz CT molecular complexity index is 1860. The molecule has 0 aromatic heterocycles. The normalized spacial score (nSPS) is 9.83. The second-order valence-electron chi connectivity index (χ2n) is 9.22. The van der Waals surface area contributed by atoms with E-state index < -0.39 is 23.9 Å². The molecule has 0 bridgehead atoms. The van der Waals surface area contributed by atoms with Crippen molar-refractivity contribution >= 4 is 23.9 Å². The summed E-state index contributed by atoms with van der Waals surface area (Å²) in [5.74, 6) is 4.00. The molecular weight excluding hydrogens is 584 g/mol. The van der Waals surface area contributed by atoms with Gasteiger partial charge in [0.1, 0.15) is 17.1 Å². The van der Waals surface area contributed by atoms with E-state index in [0.29, 0.717) is 22.6 Å². The predicted octanol–water partition coefficient (Wildman–Crippen LogP) is 6.79. The fraction of sp³-hybridized carbons (Fsp3) is 0. The first-order valence-electron chi connectivity index (χ1n) is 13.6. The van der Waals surface area contributed by atoms with E-state index in [1.54, 1.807) is 48.5 Å². The Balaban J connectivity index is 1.72. The summed E-state index contributed by atoms with van der Waals surface area (Å²) in [6.07, 6.45) is 4.14. The van der Waals surface area contributed by atoms with Gasteiger partial charge in [0.05, 0.1) is 0 Å². The Morgan fingerprint density at radius 1 is 0.457 bits per heavy atom. The Morgan fingerprint density at radius 3 is 1.22 bits per heavy atom. The van der Waals surface area contributed by atoms with E-state index in [1.807, 2.05) is 36.4 Å². The predicted molar refractivity (Wildman–Crippen MR) is 173 cm³/mol. The number of benzene rings is 4. The summed E-state index contributed by atoms with van der Waals surface area (Å²) in [7, 11) is 0. The average Bonchev–Trinajstić information content (AvgIpc) is 3.08. The first-order valence-corrected chi connectivity index (χ1v) is 13.6. The summed E-state index contributed by atoms with van der Waals surface area (Å²) in [6, 6.07) is 24.0. The van der Waals surface area contributed by atoms with Crippen LogP contribution in [0.4, 0.5) is 0 Å². The highest BCUT2D eigenvalue weighted by Crippen LogP contribution is 2.36. The highest BCUT2D eigenvalue weighted by molar-refractivity contribution is 5.88. The number of rotatable bonds is 10. The molecule has 8 nitrogen and oxygen atoms in total. The summed E-state index contributed by atoms with van der Waals surface area (Å²) < 4.78 is 21.3. The smallest absolute Gasteiger partial charge is 0.335 e. The van der Waals surface area contributed by atoms with E-state index >= 15 is 0 Å². The molecule has 0 unspecified atom stereocenters. The zero-order valence-electron chi connectivity index (χ0n) is 24.5. The van der Waals surface area contributed by atoms with Gasteiger partial charge in [0, 0.05) is 29.9 Å². The van der Waals surface area contributed by atoms with E-state index in [0.717, 1.165) is 41.0 Å². The van der Waals surface area contributed by atoms with Crippen molar-refractivity contribution in [1.29, 1.82) is 0 Å². The number of hydrogen-bond donors (Lipinski definition) is 0. The second kappa shape index (κ2) is 15.1. The Kier molecular flexibility index (Phi) is 10.6. The molecule has 46 heavy (non-hydrogen) atoms. The van der Waals surface area contributed by atoms with Gasteiger partial charge in [-0.25, -0.2) is 19.2 Å². The van der Waals surface area contributed by atoms with Crippen molar-refractivity contribution in [2.75, 3.05) is 0 Å². The zero-order valence-corrected chi connectivity index (χ0v) is 24.5. The zero-order chi connectivity index (χ0) is 33.1. The van der Waals surface area contributed by atoms with Gasteiger partial charge in [-0.1, -0.05) is 74.6 Å². The molecule has 0 heterocycles. The van der Waals surface area contributed by atoms with Crippen LogP contribution < -0.4 is 18.9 Å². The van der Waals surface area contributed by atoms with Crippen LogP contribution in [0.3, 0.4) is 0 Å². The van der Waals surface area contributed by atoms with Gasteiger partial charge in [-0.2, -0.15) is 0 Å². The first-order chi connectivity index (χ1) is 22.2. The molecule has 0 fully saturated rings. The number of ether oxygens (including phenoxy) is 4. The Morgan fingerprint density at radius 2 is 0.804 bits per heavy atom. The van der Waals surface area contributed by atoms with Gasteiger partial charge in [0.25, 0.3) is 0 Å². The molecule has 0 atom stereocenters. The van der Waals surface area contributed by atoms with Crippen LogP contribution in [0, 0.1) is 11.8 Å². The van der Waals surface area contributed by atoms with E-state index in [-0.39, 0.29) is 17.1 Å². The number of esters is 4. The summed E-state index contributed by atoms with van der Waals surface area (Å²) in [5.41, 5.74) is 3.71. The van der Waals surface area contributed by atoms with Crippen LogP contribution in [0.15, 0.2) is 136 Å². The van der Waals surface area contributed by atoms with Gasteiger partial charge in [0.2, 0.25) is 0 Å². The third-order valence-electron chi connectivity index (χ3n) is 6.18. The lowest BCUT2D eigenvalue weighted by Crippen LogP contribution is -2.09. The third-order valence-corrected chi connectivity index (χ3v) is 6.18. The monoisotopic (exact) mass is 610 g/mol. The number of carbonyl (C=O) groups excluding carboxylic acids is 4. The first kappa shape index (κ1) is 32.2. The SMILES string of the molecule is C=CC(=O)Oc1ccc(C#Cc2c(OC(=O)C=C)cc(-c3ccc(-c4ccc(OC(=O)C=C)cc4)cc3)cc2OC(=O)C=C)cc1. The van der Waals surface area contributed by atoms with E-state index in [4.69, 9.17) is 18.9 Å². The molecule has 4 aromatic rings. The van der Waals surface area contributed by atoms with Gasteiger partial charge >= 0.3 is 23.9 Å². The van der Waals surface area contributed by atoms with Crippen LogP contribution in [0.1, 0.15) is 11.1 Å². The van der Waals surface area contributed by atoms with Crippen LogP contribution in [0.25, 0.3) is 22.3 Å². The molecule has 0 aliphatic carbocycles. The van der Waals surface area contributed by atoms with E-state index in [9.17, 15) is 19.2 Å². The van der Waals surface area contributed by atoms with Crippen LogP contribution >= 0.6 is 0 Å². The molecule has 0 spiro atoms. The van der Waals surface area contributed by atoms with Gasteiger partial charge in [-0.3, -0.25) is 0 Å². The molecule has 0 aliphatic heterocycles. The second-order valence-corrected chi connectivity index (χ2v) is 9.22. The summed E-state index contributed by atoms with van der Waals surface area (Å²) in [4.78, 5) is 47.5. The highest BCUT2D eigenvalue weighted by atomic mass is 16.6. The van der Waals surface area contributed by atoms with Crippen LogP contribution in [0.2, 0.25) is 0 Å². The highest BCUT2D eigenvalue weighted by Gasteiger charge is 2.17. The van der Waals surface area contributed by atoms with E-state index in [1.165, 1.54) is 0 Å². The fourth-order valence-electron chi connectivity index (χ4n) is 3.97. The minimum Gasteiger partial charge on any atom is -0.423 e. The standard InChI is InChI=1S/C38H26O8/c1-5-35(39)43-30-18-9-25(10-19-30)11-22-32-33(45-37(41)7-3)23-29(24-34(32)46-38(42)8-4)28-14-12-26(13-15-28)27-16-20-31(21-17-27)44-36(40)6-2/h5-10,12-21,23-24H,1-4H2. The van der Waals surface area contributed by atoms with Gasteiger partial charge in [-0.05, 0) is 70.8 Å². The van der Waals surface area contributed by atoms with Crippen LogP contribution in [-0.2, 0) is 19.2 Å². The largest absolute Gasteiger partial charge is 0.423 e. The number of carbonyl (C=O) groups is 4. The molecule has 0 N–H and O–H groups in total. The molecular formula is C38H26O8. The van der Waals surface area contributed by atoms with Crippen molar-refractivity contribution in [2.45, 2.75) is 0 Å². The molecule has 4 rings (SSSR count). The van der Waals surface area contributed by atoms with Crippen LogP contribution in [0.5, 0.6) is 23.0 Å². The summed E-state index contributed by atoms with van der Waals surface area (Å²) in [6.45, 7) is 13.7. The topological polar surface area (TPSA) is 105 Å². The average molecular weight is 611 g/mol. The molecule has 0 aliphatic rings. The maximum atomic E-state index is 12.3. The number of hydrogen-bond acceptors (Lipinski definition) is 8. The van der Waals surface area contributed by atoms with Crippen molar-refractivity contribution in [3.8, 4) is 57.1 Å². The third kappa shape index (κ3) is 8.43. The molecule has 4 aromatic carbocycles. The maximum Gasteiger partial charge on any atom is 0.335 e. The van der Waals surface area contributed by atoms with Crippen LogP contribution in [-0.4, -0.2) is 23.9 Å². The van der Waals surface area contributed by atoms with Crippen molar-refractivity contribution < 1.29 is 38.1 Å². The summed E-state index contributed by atoms with van der Waals surface area (Å²) in [5, 5.41) is 0. The van der Waals surface area contributed by atoms with Crippen molar-refractivity contribution in [3.63, 3.8) is 0 Å². The quantitative estimate of drug-likeness (QED) is 0.0837. The molecule has 226 valence electrons. The van der Waals surface area contributed by atoms with E-state index in [2.05, 4.69) is 38.2 Å². The van der Waals surface area contributed by atoms with Crippen molar-refractivity contribution in [1.82, 2.24) is 0 Å². The Labute approximate surface area is 265 Å². The molecule has 8 heteroatoms. The molecule has 0 saturated carbocycles. The fourth-order valence-corrected chi connectivity index (χ4v) is 3.97. The van der Waals surface area contributed by atoms with Crippen molar-refractivity contribution in [2.24, 2.45) is 0 Å². The minimum atomic E-state index is -0.743. The van der Waals surface area contributed by atoms with Gasteiger partial charge < -0.3 is 18.9 Å². The maximum absolute atomic E-state index is 12.3. The molecule has 0 amide bonds. The van der Waals surface area contributed by atoms with Crippen molar-refractivity contribution in [3.05, 3.63) is 147 Å².